The summed E-state index contributed by atoms with van der Waals surface area (Å²) in [4.78, 5) is 19.1. The summed E-state index contributed by atoms with van der Waals surface area (Å²) in [5.41, 5.74) is 2.42. The largest absolute Gasteiger partial charge is 0.473 e. The number of nitrogens with zero attached hydrogens (tertiary/aromatic N) is 2. The molecule has 1 aliphatic rings. The maximum Gasteiger partial charge on any atom is 0.333 e. The van der Waals surface area contributed by atoms with Crippen molar-refractivity contribution in [1.82, 2.24) is 9.62 Å². The van der Waals surface area contributed by atoms with E-state index in [0.717, 1.165) is 11.1 Å². The summed E-state index contributed by atoms with van der Waals surface area (Å²) < 4.78 is 33.5. The zero-order valence-corrected chi connectivity index (χ0v) is 19.4. The van der Waals surface area contributed by atoms with Crippen molar-refractivity contribution in [3.8, 4) is 0 Å². The van der Waals surface area contributed by atoms with Crippen LogP contribution in [0.1, 0.15) is 16.7 Å². The van der Waals surface area contributed by atoms with E-state index in [1.165, 1.54) is 17.0 Å². The van der Waals surface area contributed by atoms with Gasteiger partial charge in [-0.15, -0.1) is 0 Å². The molecule has 33 heavy (non-hydrogen) atoms. The number of rotatable bonds is 6. The van der Waals surface area contributed by atoms with Crippen LogP contribution in [0.3, 0.4) is 0 Å². The molecule has 1 N–H and O–H groups in total. The number of benzene rings is 3. The Balaban J connectivity index is 1.61. The van der Waals surface area contributed by atoms with Gasteiger partial charge >= 0.3 is 6.03 Å². The van der Waals surface area contributed by atoms with E-state index in [1.54, 1.807) is 36.4 Å². The third-order valence-electron chi connectivity index (χ3n) is 5.08. The smallest absolute Gasteiger partial charge is 0.333 e. The number of ether oxygens (including phenoxy) is 1. The first-order valence-corrected chi connectivity index (χ1v) is 12.1. The molecule has 0 aromatic heterocycles. The Bertz CT molecular complexity index is 1280. The average Bonchev–Trinajstić information content (AvgIpc) is 3.28. The molecule has 1 unspecified atom stereocenters. The normalized spacial score (nSPS) is 15.5. The molecule has 0 radical (unpaired) electrons. The van der Waals surface area contributed by atoms with Crippen LogP contribution in [-0.4, -0.2) is 38.0 Å². The van der Waals surface area contributed by atoms with Gasteiger partial charge in [0.25, 0.3) is 10.0 Å². The van der Waals surface area contributed by atoms with E-state index >= 15 is 0 Å². The Labute approximate surface area is 197 Å². The van der Waals surface area contributed by atoms with Gasteiger partial charge < -0.3 is 4.74 Å². The number of hydrogen-bond donors (Lipinski definition) is 1. The van der Waals surface area contributed by atoms with Crippen LogP contribution in [0.2, 0.25) is 5.02 Å². The first-order chi connectivity index (χ1) is 15.8. The molecule has 0 aliphatic carbocycles. The van der Waals surface area contributed by atoms with E-state index in [4.69, 9.17) is 16.3 Å². The van der Waals surface area contributed by atoms with Crippen LogP contribution < -0.4 is 4.72 Å². The number of amides is 2. The first-order valence-electron chi connectivity index (χ1n) is 10.2. The molecule has 3 aromatic rings. The first kappa shape index (κ1) is 22.8. The number of aryl methyl sites for hydroxylation is 1. The molecule has 1 atom stereocenters. The molecule has 2 amide bonds. The van der Waals surface area contributed by atoms with Crippen molar-refractivity contribution >= 4 is 33.6 Å². The van der Waals surface area contributed by atoms with Crippen LogP contribution in [0, 0.1) is 6.92 Å². The molecular weight excluding hydrogens is 462 g/mol. The SMILES string of the molecule is Cc1ccc(S(=O)(=O)NC(=O)N(Cc2ccccc2)C2COC(c3cccc(Cl)c3)=N2)cc1. The second-order valence-corrected chi connectivity index (χ2v) is 9.69. The van der Waals surface area contributed by atoms with Gasteiger partial charge in [0, 0.05) is 17.1 Å². The summed E-state index contributed by atoms with van der Waals surface area (Å²) >= 11 is 6.07. The minimum Gasteiger partial charge on any atom is -0.473 e. The van der Waals surface area contributed by atoms with Crippen LogP contribution in [0.4, 0.5) is 4.79 Å². The lowest BCUT2D eigenvalue weighted by Gasteiger charge is -2.26. The van der Waals surface area contributed by atoms with Crippen molar-refractivity contribution in [2.75, 3.05) is 6.61 Å². The predicted molar refractivity (Wildman–Crippen MR) is 127 cm³/mol. The summed E-state index contributed by atoms with van der Waals surface area (Å²) in [5, 5.41) is 0.533. The molecule has 4 rings (SSSR count). The summed E-state index contributed by atoms with van der Waals surface area (Å²) in [7, 11) is -4.06. The van der Waals surface area contributed by atoms with E-state index in [-0.39, 0.29) is 18.0 Å². The summed E-state index contributed by atoms with van der Waals surface area (Å²) in [6, 6.07) is 21.8. The third kappa shape index (κ3) is 5.53. The molecule has 1 heterocycles. The fourth-order valence-corrected chi connectivity index (χ4v) is 4.49. The summed E-state index contributed by atoms with van der Waals surface area (Å²) in [5.74, 6) is 0.342. The monoisotopic (exact) mass is 483 g/mol. The van der Waals surface area contributed by atoms with Gasteiger partial charge in [-0.05, 0) is 42.8 Å². The highest BCUT2D eigenvalue weighted by molar-refractivity contribution is 7.90. The minimum absolute atomic E-state index is 0.00639. The molecule has 9 heteroatoms. The van der Waals surface area contributed by atoms with Gasteiger partial charge in [-0.2, -0.15) is 0 Å². The number of carbonyl (C=O) groups is 1. The Morgan fingerprint density at radius 2 is 1.82 bits per heavy atom. The van der Waals surface area contributed by atoms with Crippen molar-refractivity contribution in [3.63, 3.8) is 0 Å². The van der Waals surface area contributed by atoms with Crippen molar-refractivity contribution in [2.45, 2.75) is 24.5 Å². The fourth-order valence-electron chi connectivity index (χ4n) is 3.34. The fraction of sp³-hybridized carbons (Fsp3) is 0.167. The number of nitrogens with one attached hydrogen (secondary N) is 1. The standard InChI is InChI=1S/C24H22ClN3O4S/c1-17-10-12-21(13-11-17)33(30,31)27-24(29)28(15-18-6-3-2-4-7-18)22-16-32-23(26-22)19-8-5-9-20(25)14-19/h2-14,22H,15-16H2,1H3,(H,27,29). The molecule has 1 aliphatic heterocycles. The van der Waals surface area contributed by atoms with Gasteiger partial charge in [-0.1, -0.05) is 65.7 Å². The van der Waals surface area contributed by atoms with Crippen molar-refractivity contribution in [3.05, 3.63) is 101 Å². The van der Waals surface area contributed by atoms with Gasteiger partial charge in [0.1, 0.15) is 6.61 Å². The molecule has 170 valence electrons. The van der Waals surface area contributed by atoms with E-state index in [1.807, 2.05) is 37.3 Å². The van der Waals surface area contributed by atoms with E-state index < -0.39 is 22.2 Å². The zero-order chi connectivity index (χ0) is 23.4. The minimum atomic E-state index is -4.06. The van der Waals surface area contributed by atoms with Gasteiger partial charge in [-0.3, -0.25) is 4.90 Å². The van der Waals surface area contributed by atoms with Gasteiger partial charge in [0.2, 0.25) is 5.90 Å². The lowest BCUT2D eigenvalue weighted by atomic mass is 10.2. The van der Waals surface area contributed by atoms with Gasteiger partial charge in [-0.25, -0.2) is 22.9 Å². The molecule has 7 nitrogen and oxygen atoms in total. The Morgan fingerprint density at radius 1 is 1.09 bits per heavy atom. The molecule has 0 saturated carbocycles. The Kier molecular flexibility index (Phi) is 6.67. The number of halogens is 1. The number of aliphatic imine (C=N–C) groups is 1. The highest BCUT2D eigenvalue weighted by atomic mass is 35.5. The third-order valence-corrected chi connectivity index (χ3v) is 6.65. The lowest BCUT2D eigenvalue weighted by Crippen LogP contribution is -2.47. The van der Waals surface area contributed by atoms with Crippen molar-refractivity contribution in [1.29, 1.82) is 0 Å². The molecule has 0 fully saturated rings. The Hall–Kier alpha value is -3.36. The molecule has 3 aromatic carbocycles. The highest BCUT2D eigenvalue weighted by Gasteiger charge is 2.32. The quantitative estimate of drug-likeness (QED) is 0.564. The lowest BCUT2D eigenvalue weighted by molar-refractivity contribution is 0.158. The van der Waals surface area contributed by atoms with Crippen LogP contribution in [-0.2, 0) is 21.3 Å². The highest BCUT2D eigenvalue weighted by Crippen LogP contribution is 2.20. The second kappa shape index (κ2) is 9.64. The molecule has 0 saturated heterocycles. The van der Waals surface area contributed by atoms with Gasteiger partial charge in [0.15, 0.2) is 6.17 Å². The predicted octanol–water partition coefficient (Wildman–Crippen LogP) is 4.35. The van der Waals surface area contributed by atoms with Crippen LogP contribution in [0.5, 0.6) is 0 Å². The van der Waals surface area contributed by atoms with E-state index in [2.05, 4.69) is 9.71 Å². The second-order valence-electron chi connectivity index (χ2n) is 7.57. The summed E-state index contributed by atoms with van der Waals surface area (Å²) in [6.07, 6.45) is -0.715. The number of urea groups is 1. The average molecular weight is 484 g/mol. The number of carbonyl (C=O) groups excluding carboxylic acids is 1. The maximum absolute atomic E-state index is 13.2. The molecule has 0 spiro atoms. The number of sulfonamides is 1. The van der Waals surface area contributed by atoms with E-state index in [0.29, 0.717) is 16.5 Å². The maximum atomic E-state index is 13.2. The number of hydrogen-bond acceptors (Lipinski definition) is 5. The van der Waals surface area contributed by atoms with E-state index in [9.17, 15) is 13.2 Å². The van der Waals surface area contributed by atoms with Crippen LogP contribution in [0.25, 0.3) is 0 Å². The van der Waals surface area contributed by atoms with Crippen molar-refractivity contribution in [2.24, 2.45) is 4.99 Å². The summed E-state index contributed by atoms with van der Waals surface area (Å²) in [6.45, 7) is 2.09. The van der Waals surface area contributed by atoms with Crippen LogP contribution >= 0.6 is 11.6 Å². The topological polar surface area (TPSA) is 88.1 Å². The molecular formula is C24H22ClN3O4S. The molecule has 0 bridgehead atoms. The van der Waals surface area contributed by atoms with Crippen molar-refractivity contribution < 1.29 is 17.9 Å². The zero-order valence-electron chi connectivity index (χ0n) is 17.8. The van der Waals surface area contributed by atoms with Gasteiger partial charge in [0.05, 0.1) is 4.90 Å². The Morgan fingerprint density at radius 3 is 2.52 bits per heavy atom. The van der Waals surface area contributed by atoms with Crippen LogP contribution in [0.15, 0.2) is 88.8 Å².